The van der Waals surface area contributed by atoms with Gasteiger partial charge >= 0.3 is 0 Å². The predicted octanol–water partition coefficient (Wildman–Crippen LogP) is 3.61. The zero-order chi connectivity index (χ0) is 18.4. The van der Waals surface area contributed by atoms with Gasteiger partial charge in [0.25, 0.3) is 0 Å². The molecule has 0 bridgehead atoms. The van der Waals surface area contributed by atoms with Crippen molar-refractivity contribution in [2.75, 3.05) is 50.1 Å². The summed E-state index contributed by atoms with van der Waals surface area (Å²) < 4.78 is 10.8. The van der Waals surface area contributed by atoms with Crippen molar-refractivity contribution in [2.24, 2.45) is 0 Å². The lowest BCUT2D eigenvalue weighted by molar-refractivity contribution is 0.340. The molecule has 138 valence electrons. The molecule has 1 fully saturated rings. The molecule has 2 aromatic carbocycles. The van der Waals surface area contributed by atoms with Crippen molar-refractivity contribution in [2.45, 2.75) is 6.92 Å². The van der Waals surface area contributed by atoms with Crippen molar-refractivity contribution in [3.05, 3.63) is 48.5 Å². The summed E-state index contributed by atoms with van der Waals surface area (Å²) in [6.07, 6.45) is 0. The average molecular weight is 372 g/mol. The Hall–Kier alpha value is -2.47. The normalized spacial score (nSPS) is 14.1. The maximum absolute atomic E-state index is 5.58. The largest absolute Gasteiger partial charge is 0.497 e. The number of hydrogen-bond acceptors (Lipinski definition) is 4. The Morgan fingerprint density at radius 1 is 1.04 bits per heavy atom. The smallest absolute Gasteiger partial charge is 0.173 e. The standard InChI is InChI=1S/C20H25N3O2S/c1-3-25-18-9-7-16(8-10-18)21-20(26)23-13-11-22(12-14-23)17-5-4-6-19(15-17)24-2/h4-10,15H,3,11-14H2,1-2H3,(H,21,26). The van der Waals surface area contributed by atoms with Crippen LogP contribution in [0.1, 0.15) is 6.92 Å². The second kappa shape index (κ2) is 8.76. The first-order valence-electron chi connectivity index (χ1n) is 8.87. The number of piperazine rings is 1. The highest BCUT2D eigenvalue weighted by atomic mass is 32.1. The summed E-state index contributed by atoms with van der Waals surface area (Å²) in [7, 11) is 1.70. The van der Waals surface area contributed by atoms with Gasteiger partial charge in [0, 0.05) is 43.6 Å². The maximum atomic E-state index is 5.58. The van der Waals surface area contributed by atoms with Gasteiger partial charge in [-0.3, -0.25) is 0 Å². The first kappa shape index (κ1) is 18.3. The quantitative estimate of drug-likeness (QED) is 0.809. The van der Waals surface area contributed by atoms with E-state index in [1.165, 1.54) is 5.69 Å². The van der Waals surface area contributed by atoms with Crippen molar-refractivity contribution in [3.8, 4) is 11.5 Å². The maximum Gasteiger partial charge on any atom is 0.173 e. The number of thiocarbonyl (C=S) groups is 1. The minimum atomic E-state index is 0.669. The first-order chi connectivity index (χ1) is 12.7. The highest BCUT2D eigenvalue weighted by Gasteiger charge is 2.19. The van der Waals surface area contributed by atoms with Gasteiger partial charge in [0.2, 0.25) is 0 Å². The third kappa shape index (κ3) is 4.58. The summed E-state index contributed by atoms with van der Waals surface area (Å²) in [5.41, 5.74) is 2.17. The topological polar surface area (TPSA) is 37.0 Å². The number of rotatable bonds is 5. The van der Waals surface area contributed by atoms with Crippen molar-refractivity contribution in [3.63, 3.8) is 0 Å². The van der Waals surface area contributed by atoms with Crippen LogP contribution >= 0.6 is 12.2 Å². The number of nitrogens with zero attached hydrogens (tertiary/aromatic N) is 2. The number of methoxy groups -OCH3 is 1. The van der Waals surface area contributed by atoms with Gasteiger partial charge < -0.3 is 24.6 Å². The minimum absolute atomic E-state index is 0.669. The lowest BCUT2D eigenvalue weighted by Gasteiger charge is -2.37. The fourth-order valence-corrected chi connectivity index (χ4v) is 3.28. The fourth-order valence-electron chi connectivity index (χ4n) is 2.98. The fraction of sp³-hybridized carbons (Fsp3) is 0.350. The molecule has 0 saturated carbocycles. The molecule has 1 heterocycles. The molecule has 0 radical (unpaired) electrons. The molecular formula is C20H25N3O2S. The lowest BCUT2D eigenvalue weighted by atomic mass is 10.2. The van der Waals surface area contributed by atoms with E-state index in [1.807, 2.05) is 43.3 Å². The number of ether oxygens (including phenoxy) is 2. The van der Waals surface area contributed by atoms with E-state index in [0.29, 0.717) is 6.61 Å². The second-order valence-corrected chi connectivity index (χ2v) is 6.45. The Bertz CT molecular complexity index is 728. The molecular weight excluding hydrogens is 346 g/mol. The van der Waals surface area contributed by atoms with Crippen LogP contribution < -0.4 is 19.7 Å². The van der Waals surface area contributed by atoms with Crippen LogP contribution in [0.4, 0.5) is 11.4 Å². The van der Waals surface area contributed by atoms with Crippen LogP contribution in [0.5, 0.6) is 11.5 Å². The molecule has 0 aliphatic carbocycles. The van der Waals surface area contributed by atoms with Gasteiger partial charge in [0.15, 0.2) is 5.11 Å². The van der Waals surface area contributed by atoms with Crippen LogP contribution in [-0.4, -0.2) is 49.9 Å². The summed E-state index contributed by atoms with van der Waals surface area (Å²) in [6, 6.07) is 16.1. The average Bonchev–Trinajstić information content (AvgIpc) is 2.70. The molecule has 1 N–H and O–H groups in total. The van der Waals surface area contributed by atoms with Gasteiger partial charge in [-0.05, 0) is 55.5 Å². The van der Waals surface area contributed by atoms with E-state index in [1.54, 1.807) is 7.11 Å². The van der Waals surface area contributed by atoms with E-state index < -0.39 is 0 Å². The van der Waals surface area contributed by atoms with Crippen LogP contribution in [0.25, 0.3) is 0 Å². The molecule has 0 aromatic heterocycles. The zero-order valence-electron chi connectivity index (χ0n) is 15.3. The van der Waals surface area contributed by atoms with Gasteiger partial charge in [0.1, 0.15) is 11.5 Å². The third-order valence-electron chi connectivity index (χ3n) is 4.40. The summed E-state index contributed by atoms with van der Waals surface area (Å²) in [5.74, 6) is 1.76. The summed E-state index contributed by atoms with van der Waals surface area (Å²) in [6.45, 7) is 6.28. The third-order valence-corrected chi connectivity index (χ3v) is 4.76. The number of anilines is 2. The van der Waals surface area contributed by atoms with Crippen LogP contribution in [-0.2, 0) is 0 Å². The van der Waals surface area contributed by atoms with E-state index in [2.05, 4.69) is 27.2 Å². The minimum Gasteiger partial charge on any atom is -0.497 e. The van der Waals surface area contributed by atoms with Crippen molar-refractivity contribution < 1.29 is 9.47 Å². The second-order valence-electron chi connectivity index (χ2n) is 6.06. The Morgan fingerprint density at radius 3 is 2.42 bits per heavy atom. The van der Waals surface area contributed by atoms with E-state index in [0.717, 1.165) is 48.5 Å². The molecule has 3 rings (SSSR count). The van der Waals surface area contributed by atoms with Gasteiger partial charge in [-0.15, -0.1) is 0 Å². The molecule has 26 heavy (non-hydrogen) atoms. The van der Waals surface area contributed by atoms with Crippen LogP contribution in [0.15, 0.2) is 48.5 Å². The van der Waals surface area contributed by atoms with E-state index in [9.17, 15) is 0 Å². The molecule has 1 aliphatic rings. The van der Waals surface area contributed by atoms with Gasteiger partial charge in [-0.2, -0.15) is 0 Å². The molecule has 5 nitrogen and oxygen atoms in total. The Kier molecular flexibility index (Phi) is 6.17. The summed E-state index contributed by atoms with van der Waals surface area (Å²) in [4.78, 5) is 4.57. The first-order valence-corrected chi connectivity index (χ1v) is 9.28. The Balaban J connectivity index is 1.53. The molecule has 1 saturated heterocycles. The van der Waals surface area contributed by atoms with Crippen LogP contribution in [0.2, 0.25) is 0 Å². The number of benzene rings is 2. The lowest BCUT2D eigenvalue weighted by Crippen LogP contribution is -2.50. The van der Waals surface area contributed by atoms with Gasteiger partial charge in [-0.1, -0.05) is 6.07 Å². The van der Waals surface area contributed by atoms with Crippen molar-refractivity contribution in [1.29, 1.82) is 0 Å². The number of nitrogens with one attached hydrogen (secondary N) is 1. The van der Waals surface area contributed by atoms with Gasteiger partial charge in [-0.25, -0.2) is 0 Å². The predicted molar refractivity (Wildman–Crippen MR) is 111 cm³/mol. The highest BCUT2D eigenvalue weighted by molar-refractivity contribution is 7.80. The molecule has 0 amide bonds. The molecule has 1 aliphatic heterocycles. The van der Waals surface area contributed by atoms with Crippen LogP contribution in [0.3, 0.4) is 0 Å². The van der Waals surface area contributed by atoms with Crippen molar-refractivity contribution in [1.82, 2.24) is 4.90 Å². The molecule has 6 heteroatoms. The highest BCUT2D eigenvalue weighted by Crippen LogP contribution is 2.22. The van der Waals surface area contributed by atoms with E-state index in [-0.39, 0.29) is 0 Å². The van der Waals surface area contributed by atoms with E-state index >= 15 is 0 Å². The van der Waals surface area contributed by atoms with E-state index in [4.69, 9.17) is 21.7 Å². The number of hydrogen-bond donors (Lipinski definition) is 1. The molecule has 2 aromatic rings. The Labute approximate surface area is 160 Å². The summed E-state index contributed by atoms with van der Waals surface area (Å²) >= 11 is 5.58. The zero-order valence-corrected chi connectivity index (χ0v) is 16.1. The van der Waals surface area contributed by atoms with Gasteiger partial charge in [0.05, 0.1) is 13.7 Å². The Morgan fingerprint density at radius 2 is 1.77 bits per heavy atom. The monoisotopic (exact) mass is 371 g/mol. The van der Waals surface area contributed by atoms with Crippen LogP contribution in [0, 0.1) is 0 Å². The van der Waals surface area contributed by atoms with Crippen molar-refractivity contribution >= 4 is 28.7 Å². The SMILES string of the molecule is CCOc1ccc(NC(=S)N2CCN(c3cccc(OC)c3)CC2)cc1. The molecule has 0 unspecified atom stereocenters. The molecule has 0 atom stereocenters. The molecule has 0 spiro atoms. The summed E-state index contributed by atoms with van der Waals surface area (Å²) in [5, 5.41) is 4.08.